The average molecular weight is 307 g/mol. The Labute approximate surface area is 117 Å². The van der Waals surface area contributed by atoms with Crippen LogP contribution in [0.4, 0.5) is 8.78 Å². The zero-order valence-corrected chi connectivity index (χ0v) is 12.1. The summed E-state index contributed by atoms with van der Waals surface area (Å²) in [4.78, 5) is 0.110. The molecule has 0 aliphatic carbocycles. The van der Waals surface area contributed by atoms with E-state index in [2.05, 4.69) is 0 Å². The van der Waals surface area contributed by atoms with Crippen molar-refractivity contribution in [3.8, 4) is 0 Å². The lowest BCUT2D eigenvalue weighted by atomic mass is 10.0. The van der Waals surface area contributed by atoms with Gasteiger partial charge in [0.1, 0.15) is 6.67 Å². The molecule has 0 fully saturated rings. The number of methoxy groups -OCH3 is 1. The van der Waals surface area contributed by atoms with Gasteiger partial charge >= 0.3 is 0 Å². The summed E-state index contributed by atoms with van der Waals surface area (Å²) in [5.74, 6) is -0.236. The third-order valence-corrected chi connectivity index (χ3v) is 4.75. The van der Waals surface area contributed by atoms with E-state index in [1.54, 1.807) is 0 Å². The fourth-order valence-electron chi connectivity index (χ4n) is 1.87. The molecular formula is C13H19F2NO3S. The molecule has 4 nitrogen and oxygen atoms in total. The highest BCUT2D eigenvalue weighted by Crippen LogP contribution is 2.22. The molecule has 1 rings (SSSR count). The number of hydrogen-bond donors (Lipinski definition) is 1. The minimum Gasteiger partial charge on any atom is -0.375 e. The van der Waals surface area contributed by atoms with Crippen LogP contribution in [0.25, 0.3) is 0 Å². The molecule has 0 unspecified atom stereocenters. The van der Waals surface area contributed by atoms with Gasteiger partial charge < -0.3 is 10.5 Å². The van der Waals surface area contributed by atoms with Gasteiger partial charge in [0.25, 0.3) is 0 Å². The number of hydrogen-bond acceptors (Lipinski definition) is 4. The molecule has 7 heteroatoms. The van der Waals surface area contributed by atoms with E-state index in [1.165, 1.54) is 31.4 Å². The van der Waals surface area contributed by atoms with Crippen molar-refractivity contribution in [3.63, 3.8) is 0 Å². The summed E-state index contributed by atoms with van der Waals surface area (Å²) in [7, 11) is -2.07. The highest BCUT2D eigenvalue weighted by atomic mass is 32.2. The van der Waals surface area contributed by atoms with E-state index in [9.17, 15) is 17.2 Å². The Morgan fingerprint density at radius 1 is 1.25 bits per heavy atom. The maximum absolute atomic E-state index is 12.6. The van der Waals surface area contributed by atoms with Crippen LogP contribution in [0.15, 0.2) is 29.2 Å². The molecule has 0 aliphatic rings. The molecule has 2 N–H and O–H groups in total. The van der Waals surface area contributed by atoms with Crippen LogP contribution >= 0.6 is 0 Å². The number of ether oxygens (including phenoxy) is 1. The van der Waals surface area contributed by atoms with Crippen molar-refractivity contribution in [1.29, 1.82) is 0 Å². The van der Waals surface area contributed by atoms with Crippen molar-refractivity contribution in [2.24, 2.45) is 5.73 Å². The standard InChI is InChI=1S/C13H19F2NO3S/c1-19-13(12(16)9-15)10-3-5-11(6-4-10)20(17,18)8-2-7-14/h3-6,12-13H,2,7-9,16H2,1H3/t12-,13-/m1/s1. The van der Waals surface area contributed by atoms with Crippen LogP contribution < -0.4 is 5.73 Å². The van der Waals surface area contributed by atoms with Gasteiger partial charge in [0.2, 0.25) is 0 Å². The maximum Gasteiger partial charge on any atom is 0.178 e. The Hall–Kier alpha value is -1.05. The molecule has 0 bridgehead atoms. The number of sulfone groups is 1. The van der Waals surface area contributed by atoms with Gasteiger partial charge in [-0.05, 0) is 24.1 Å². The summed E-state index contributed by atoms with van der Waals surface area (Å²) in [6, 6.07) is 5.06. The van der Waals surface area contributed by atoms with E-state index in [0.717, 1.165) is 0 Å². The summed E-state index contributed by atoms with van der Waals surface area (Å²) in [5, 5.41) is 0. The first-order valence-electron chi connectivity index (χ1n) is 6.19. The monoisotopic (exact) mass is 307 g/mol. The smallest absolute Gasteiger partial charge is 0.178 e. The Morgan fingerprint density at radius 3 is 2.30 bits per heavy atom. The predicted molar refractivity (Wildman–Crippen MR) is 72.8 cm³/mol. The third kappa shape index (κ3) is 4.22. The van der Waals surface area contributed by atoms with Crippen molar-refractivity contribution < 1.29 is 21.9 Å². The van der Waals surface area contributed by atoms with Crippen LogP contribution in [0, 0.1) is 0 Å². The number of benzene rings is 1. The van der Waals surface area contributed by atoms with Gasteiger partial charge in [-0.25, -0.2) is 12.8 Å². The molecule has 20 heavy (non-hydrogen) atoms. The van der Waals surface area contributed by atoms with Gasteiger partial charge in [-0.1, -0.05) is 12.1 Å². The third-order valence-electron chi connectivity index (χ3n) is 2.94. The zero-order valence-electron chi connectivity index (χ0n) is 11.3. The molecule has 0 aliphatic heterocycles. The van der Waals surface area contributed by atoms with Crippen LogP contribution in [0.1, 0.15) is 18.1 Å². The first-order chi connectivity index (χ1) is 9.46. The zero-order chi connectivity index (χ0) is 15.2. The van der Waals surface area contributed by atoms with Gasteiger partial charge in [0.15, 0.2) is 9.84 Å². The Balaban J connectivity index is 2.93. The minimum absolute atomic E-state index is 0.0303. The summed E-state index contributed by atoms with van der Waals surface area (Å²) < 4.78 is 53.4. The molecule has 0 spiro atoms. The van der Waals surface area contributed by atoms with Crippen molar-refractivity contribution >= 4 is 9.84 Å². The summed E-state index contributed by atoms with van der Waals surface area (Å²) in [6.07, 6.45) is -0.667. The minimum atomic E-state index is -3.48. The van der Waals surface area contributed by atoms with E-state index in [4.69, 9.17) is 10.5 Å². The Kier molecular flexibility index (Phi) is 6.51. The lowest BCUT2D eigenvalue weighted by Crippen LogP contribution is -2.31. The molecule has 1 aromatic carbocycles. The van der Waals surface area contributed by atoms with Gasteiger partial charge in [-0.15, -0.1) is 0 Å². The van der Waals surface area contributed by atoms with Crippen LogP contribution in [0.2, 0.25) is 0 Å². The summed E-state index contributed by atoms with van der Waals surface area (Å²) >= 11 is 0. The first kappa shape index (κ1) is 17.0. The molecule has 0 amide bonds. The molecular weight excluding hydrogens is 288 g/mol. The normalized spacial score (nSPS) is 15.0. The number of halogens is 2. The highest BCUT2D eigenvalue weighted by Gasteiger charge is 2.20. The van der Waals surface area contributed by atoms with Gasteiger partial charge in [0.05, 0.1) is 29.5 Å². The molecule has 0 aromatic heterocycles. The topological polar surface area (TPSA) is 69.4 Å². The predicted octanol–water partition coefficient (Wildman–Crippen LogP) is 1.80. The second-order valence-electron chi connectivity index (χ2n) is 4.40. The van der Waals surface area contributed by atoms with Crippen molar-refractivity contribution in [2.45, 2.75) is 23.5 Å². The second kappa shape index (κ2) is 7.66. The highest BCUT2D eigenvalue weighted by molar-refractivity contribution is 7.91. The summed E-state index contributed by atoms with van der Waals surface area (Å²) in [5.41, 5.74) is 6.19. The SMILES string of the molecule is CO[C@H](c1ccc(S(=O)(=O)CCCF)cc1)[C@H](N)CF. The molecule has 0 saturated carbocycles. The fourth-order valence-corrected chi connectivity index (χ4v) is 3.14. The Bertz CT molecular complexity index is 505. The van der Waals surface area contributed by atoms with Crippen molar-refractivity contribution in [1.82, 2.24) is 0 Å². The first-order valence-corrected chi connectivity index (χ1v) is 7.84. The molecule has 2 atom stereocenters. The lowest BCUT2D eigenvalue weighted by Gasteiger charge is -2.20. The van der Waals surface area contributed by atoms with Gasteiger partial charge in [0, 0.05) is 7.11 Å². The lowest BCUT2D eigenvalue weighted by molar-refractivity contribution is 0.0720. The van der Waals surface area contributed by atoms with E-state index >= 15 is 0 Å². The average Bonchev–Trinajstić information content (AvgIpc) is 2.46. The fraction of sp³-hybridized carbons (Fsp3) is 0.538. The Morgan fingerprint density at radius 2 is 1.85 bits per heavy atom. The van der Waals surface area contributed by atoms with Crippen LogP contribution in [-0.4, -0.2) is 40.7 Å². The molecule has 114 valence electrons. The molecule has 0 saturated heterocycles. The largest absolute Gasteiger partial charge is 0.375 e. The van der Waals surface area contributed by atoms with Crippen LogP contribution in [-0.2, 0) is 14.6 Å². The quantitative estimate of drug-likeness (QED) is 0.795. The maximum atomic E-state index is 12.6. The van der Waals surface area contributed by atoms with Crippen molar-refractivity contribution in [2.75, 3.05) is 26.2 Å². The van der Waals surface area contributed by atoms with E-state index < -0.39 is 35.3 Å². The summed E-state index contributed by atoms with van der Waals surface area (Å²) in [6.45, 7) is -1.41. The molecule has 0 heterocycles. The van der Waals surface area contributed by atoms with E-state index in [0.29, 0.717) is 5.56 Å². The van der Waals surface area contributed by atoms with Crippen LogP contribution in [0.3, 0.4) is 0 Å². The second-order valence-corrected chi connectivity index (χ2v) is 6.51. The van der Waals surface area contributed by atoms with E-state index in [-0.39, 0.29) is 17.1 Å². The number of alkyl halides is 2. The van der Waals surface area contributed by atoms with Crippen molar-refractivity contribution in [3.05, 3.63) is 29.8 Å². The molecule has 0 radical (unpaired) electrons. The van der Waals surface area contributed by atoms with Gasteiger partial charge in [-0.3, -0.25) is 4.39 Å². The van der Waals surface area contributed by atoms with Crippen LogP contribution in [0.5, 0.6) is 0 Å². The molecule has 1 aromatic rings. The van der Waals surface area contributed by atoms with Gasteiger partial charge in [-0.2, -0.15) is 0 Å². The van der Waals surface area contributed by atoms with E-state index in [1.807, 2.05) is 0 Å². The number of rotatable bonds is 8. The number of nitrogens with two attached hydrogens (primary N) is 1.